The molecule has 4 nitrogen and oxygen atoms in total. The van der Waals surface area contributed by atoms with Gasteiger partial charge in [-0.2, -0.15) is 0 Å². The zero-order valence-electron chi connectivity index (χ0n) is 17.8. The summed E-state index contributed by atoms with van der Waals surface area (Å²) in [6.07, 6.45) is 10.2. The Morgan fingerprint density at radius 1 is 0.938 bits per heavy atom. The van der Waals surface area contributed by atoms with Crippen LogP contribution < -0.4 is 0 Å². The molecule has 32 heavy (non-hydrogen) atoms. The maximum Gasteiger partial charge on any atom is 0.212 e. The van der Waals surface area contributed by atoms with Crippen LogP contribution in [-0.2, 0) is 0 Å². The van der Waals surface area contributed by atoms with Gasteiger partial charge in [-0.1, -0.05) is 55.1 Å². The monoisotopic (exact) mass is 414 g/mol. The van der Waals surface area contributed by atoms with Crippen molar-refractivity contribution in [2.24, 2.45) is 0 Å². The van der Waals surface area contributed by atoms with Crippen molar-refractivity contribution in [2.45, 2.75) is 6.92 Å². The summed E-state index contributed by atoms with van der Waals surface area (Å²) in [4.78, 5) is 8.21. The minimum absolute atomic E-state index is 0.854. The topological polar surface area (TPSA) is 38.0 Å². The van der Waals surface area contributed by atoms with Crippen molar-refractivity contribution in [3.05, 3.63) is 104 Å². The number of H-pyrrole nitrogens is 1. The number of para-hydroxylation sites is 3. The second-order valence-electron chi connectivity index (χ2n) is 7.87. The molecule has 3 aromatic carbocycles. The Hall–Kier alpha value is -4.31. The molecule has 6 aromatic rings. The van der Waals surface area contributed by atoms with Gasteiger partial charge in [0.25, 0.3) is 0 Å². The van der Waals surface area contributed by atoms with E-state index in [9.17, 15) is 0 Å². The lowest BCUT2D eigenvalue weighted by Gasteiger charge is -2.08. The molecule has 3 heterocycles. The van der Waals surface area contributed by atoms with E-state index in [1.807, 2.05) is 43.4 Å². The van der Waals surface area contributed by atoms with Gasteiger partial charge >= 0.3 is 0 Å². The average Bonchev–Trinajstić information content (AvgIpc) is 3.49. The van der Waals surface area contributed by atoms with Gasteiger partial charge in [0.05, 0.1) is 27.8 Å². The van der Waals surface area contributed by atoms with Gasteiger partial charge in [-0.25, -0.2) is 4.98 Å². The van der Waals surface area contributed by atoms with Crippen LogP contribution in [0.5, 0.6) is 0 Å². The summed E-state index contributed by atoms with van der Waals surface area (Å²) in [5, 5.41) is 2.43. The Morgan fingerprint density at radius 3 is 2.56 bits per heavy atom. The summed E-state index contributed by atoms with van der Waals surface area (Å²) in [6, 6.07) is 23.3. The molecule has 4 heteroatoms. The van der Waals surface area contributed by atoms with Crippen molar-refractivity contribution >= 4 is 44.3 Å². The fourth-order valence-electron chi connectivity index (χ4n) is 4.54. The van der Waals surface area contributed by atoms with E-state index in [2.05, 4.69) is 81.3 Å². The highest BCUT2D eigenvalue weighted by atomic mass is 15.1. The number of rotatable bonds is 4. The minimum atomic E-state index is 0.854. The summed E-state index contributed by atoms with van der Waals surface area (Å²) in [5.41, 5.74) is 7.65. The lowest BCUT2D eigenvalue weighted by molar-refractivity contribution is 1.24. The zero-order chi connectivity index (χ0) is 21.7. The number of nitrogens with zero attached hydrogens (tertiary/aromatic N) is 3. The van der Waals surface area contributed by atoms with E-state index >= 15 is 0 Å². The van der Waals surface area contributed by atoms with Gasteiger partial charge in [0.2, 0.25) is 5.78 Å². The number of hydrogen-bond donors (Lipinski definition) is 1. The summed E-state index contributed by atoms with van der Waals surface area (Å²) in [5.74, 6) is 0.854. The van der Waals surface area contributed by atoms with Gasteiger partial charge in [-0.15, -0.1) is 0 Å². The standard InChI is InChI=1S/C28H22N4/c1-3-5-10-20(4-2)32-25-13-8-6-11-21(25)22-17-19(15-16-26(22)32)24-18-31-27-14-9-7-12-23(27)29-28(31)30-24/h3-18H,2H2,1H3,(H,29,30)/b5-3-,20-10+. The quantitative estimate of drug-likeness (QED) is 0.305. The molecule has 6 rings (SSSR count). The van der Waals surface area contributed by atoms with Gasteiger partial charge in [-0.05, 0) is 49.4 Å². The predicted octanol–water partition coefficient (Wildman–Crippen LogP) is 7.19. The maximum atomic E-state index is 4.72. The number of imidazole rings is 2. The van der Waals surface area contributed by atoms with Crippen molar-refractivity contribution in [1.82, 2.24) is 18.9 Å². The molecule has 0 radical (unpaired) electrons. The lowest BCUT2D eigenvalue weighted by atomic mass is 10.1. The third-order valence-corrected chi connectivity index (χ3v) is 6.01. The molecule has 0 atom stereocenters. The van der Waals surface area contributed by atoms with Crippen molar-refractivity contribution in [1.29, 1.82) is 0 Å². The number of allylic oxidation sites excluding steroid dienone is 5. The SMILES string of the molecule is C=C/C(=C\C=C/C)n1c2ccccc2c2cc(-c3cn4c(nc5ccccc54)[nH]3)ccc21. The summed E-state index contributed by atoms with van der Waals surface area (Å²) in [7, 11) is 0. The second kappa shape index (κ2) is 7.13. The summed E-state index contributed by atoms with van der Waals surface area (Å²) >= 11 is 0. The Kier molecular flexibility index (Phi) is 4.12. The van der Waals surface area contributed by atoms with E-state index in [-0.39, 0.29) is 0 Å². The van der Waals surface area contributed by atoms with Gasteiger partial charge in [-0.3, -0.25) is 4.40 Å². The van der Waals surface area contributed by atoms with Gasteiger partial charge in [0, 0.05) is 28.2 Å². The smallest absolute Gasteiger partial charge is 0.212 e. The minimum Gasteiger partial charge on any atom is -0.323 e. The molecule has 3 aromatic heterocycles. The van der Waals surface area contributed by atoms with E-state index in [1.165, 1.54) is 16.3 Å². The molecule has 0 spiro atoms. The highest BCUT2D eigenvalue weighted by Crippen LogP contribution is 2.35. The number of hydrogen-bond acceptors (Lipinski definition) is 1. The normalized spacial score (nSPS) is 12.7. The predicted molar refractivity (Wildman–Crippen MR) is 135 cm³/mol. The zero-order valence-corrected chi connectivity index (χ0v) is 17.8. The molecule has 0 aliphatic carbocycles. The van der Waals surface area contributed by atoms with Crippen LogP contribution in [-0.4, -0.2) is 18.9 Å². The first kappa shape index (κ1) is 18.5. The molecule has 154 valence electrons. The Balaban J connectivity index is 1.59. The molecule has 0 aliphatic heterocycles. The first-order valence-electron chi connectivity index (χ1n) is 10.7. The molecular formula is C28H22N4. The van der Waals surface area contributed by atoms with Crippen LogP contribution in [0.2, 0.25) is 0 Å². The Morgan fingerprint density at radius 2 is 1.72 bits per heavy atom. The van der Waals surface area contributed by atoms with Crippen LogP contribution in [0.3, 0.4) is 0 Å². The van der Waals surface area contributed by atoms with Crippen molar-refractivity contribution < 1.29 is 0 Å². The molecule has 0 saturated heterocycles. The number of aromatic nitrogens is 4. The van der Waals surface area contributed by atoms with Gasteiger partial charge in [0.1, 0.15) is 0 Å². The largest absolute Gasteiger partial charge is 0.323 e. The van der Waals surface area contributed by atoms with Gasteiger partial charge in [0.15, 0.2) is 0 Å². The number of fused-ring (bicyclic) bond motifs is 6. The van der Waals surface area contributed by atoms with E-state index in [0.29, 0.717) is 0 Å². The summed E-state index contributed by atoms with van der Waals surface area (Å²) in [6.45, 7) is 6.07. The second-order valence-corrected chi connectivity index (χ2v) is 7.87. The van der Waals surface area contributed by atoms with Crippen LogP contribution in [0, 0.1) is 0 Å². The van der Waals surface area contributed by atoms with E-state index < -0.39 is 0 Å². The van der Waals surface area contributed by atoms with Crippen molar-refractivity contribution in [3.8, 4) is 11.3 Å². The van der Waals surface area contributed by atoms with Gasteiger partial charge < -0.3 is 9.55 Å². The first-order valence-corrected chi connectivity index (χ1v) is 10.7. The molecular weight excluding hydrogens is 392 g/mol. The molecule has 0 bridgehead atoms. The van der Waals surface area contributed by atoms with Crippen LogP contribution in [0.4, 0.5) is 0 Å². The fourth-order valence-corrected chi connectivity index (χ4v) is 4.54. The number of nitrogens with one attached hydrogen (secondary N) is 1. The molecule has 0 unspecified atom stereocenters. The average molecular weight is 415 g/mol. The number of benzene rings is 3. The number of aromatic amines is 1. The Labute approximate surface area is 185 Å². The Bertz CT molecular complexity index is 1700. The van der Waals surface area contributed by atoms with Crippen LogP contribution in [0.1, 0.15) is 6.92 Å². The van der Waals surface area contributed by atoms with E-state index in [4.69, 9.17) is 4.98 Å². The van der Waals surface area contributed by atoms with E-state index in [0.717, 1.165) is 39.3 Å². The maximum absolute atomic E-state index is 4.72. The highest BCUT2D eigenvalue weighted by Gasteiger charge is 2.14. The lowest BCUT2D eigenvalue weighted by Crippen LogP contribution is -1.93. The third-order valence-electron chi connectivity index (χ3n) is 6.01. The molecule has 0 fully saturated rings. The third kappa shape index (κ3) is 2.66. The fraction of sp³-hybridized carbons (Fsp3) is 0.0357. The molecule has 0 saturated carbocycles. The van der Waals surface area contributed by atoms with Crippen molar-refractivity contribution in [2.75, 3.05) is 0 Å². The van der Waals surface area contributed by atoms with E-state index in [1.54, 1.807) is 0 Å². The first-order chi connectivity index (χ1) is 15.8. The molecule has 0 amide bonds. The van der Waals surface area contributed by atoms with Crippen LogP contribution in [0.15, 0.2) is 104 Å². The van der Waals surface area contributed by atoms with Crippen LogP contribution >= 0.6 is 0 Å². The van der Waals surface area contributed by atoms with Crippen LogP contribution in [0.25, 0.3) is 55.6 Å². The highest BCUT2D eigenvalue weighted by molar-refractivity contribution is 6.11. The molecule has 0 aliphatic rings. The van der Waals surface area contributed by atoms with Crippen molar-refractivity contribution in [3.63, 3.8) is 0 Å². The molecule has 1 N–H and O–H groups in total. The summed E-state index contributed by atoms with van der Waals surface area (Å²) < 4.78 is 4.39.